The Hall–Kier alpha value is -3.23. The van der Waals surface area contributed by atoms with Crippen molar-refractivity contribution in [2.75, 3.05) is 43.4 Å². The van der Waals surface area contributed by atoms with Crippen LogP contribution in [0.2, 0.25) is 0 Å². The first-order valence-electron chi connectivity index (χ1n) is 9.71. The third-order valence-electron chi connectivity index (χ3n) is 5.15. The molecule has 1 saturated heterocycles. The van der Waals surface area contributed by atoms with Crippen molar-refractivity contribution in [3.05, 3.63) is 65.2 Å². The Labute approximate surface area is 179 Å². The van der Waals surface area contributed by atoms with Gasteiger partial charge in [-0.1, -0.05) is 36.4 Å². The molecule has 0 bridgehead atoms. The zero-order valence-electron chi connectivity index (χ0n) is 16.7. The van der Waals surface area contributed by atoms with Gasteiger partial charge in [0.25, 0.3) is 11.8 Å². The van der Waals surface area contributed by atoms with Gasteiger partial charge in [-0.3, -0.25) is 9.59 Å². The normalized spacial score (nSPS) is 14.5. The Bertz CT molecular complexity index is 1060. The quantitative estimate of drug-likeness (QED) is 0.661. The fraction of sp³-hybridized carbons (Fsp3) is 0.227. The fourth-order valence-corrected chi connectivity index (χ4v) is 4.26. The van der Waals surface area contributed by atoms with Crippen molar-refractivity contribution in [2.24, 2.45) is 5.73 Å². The summed E-state index contributed by atoms with van der Waals surface area (Å²) in [5.74, 6) is -0.943. The molecule has 0 radical (unpaired) electrons. The van der Waals surface area contributed by atoms with Crippen LogP contribution in [-0.4, -0.2) is 54.9 Å². The van der Waals surface area contributed by atoms with E-state index in [0.717, 1.165) is 42.4 Å². The van der Waals surface area contributed by atoms with E-state index in [1.165, 1.54) is 11.3 Å². The monoisotopic (exact) mass is 421 g/mol. The van der Waals surface area contributed by atoms with Crippen molar-refractivity contribution < 1.29 is 9.59 Å². The number of carbonyl (C=O) groups excluding carboxylic acids is 2. The van der Waals surface area contributed by atoms with E-state index in [0.29, 0.717) is 16.9 Å². The highest BCUT2D eigenvalue weighted by Crippen LogP contribution is 2.31. The molecule has 0 atom stereocenters. The summed E-state index contributed by atoms with van der Waals surface area (Å²) in [6.45, 7) is 3.41. The van der Waals surface area contributed by atoms with Crippen LogP contribution in [0, 0.1) is 0 Å². The summed E-state index contributed by atoms with van der Waals surface area (Å²) >= 11 is 1.41. The van der Waals surface area contributed by atoms with E-state index in [1.807, 2.05) is 36.4 Å². The minimum absolute atomic E-state index is 0.290. The minimum atomic E-state index is -0.579. The molecule has 154 valence electrons. The maximum atomic E-state index is 13.0. The maximum absolute atomic E-state index is 13.0. The Morgan fingerprint density at radius 3 is 2.47 bits per heavy atom. The van der Waals surface area contributed by atoms with Crippen molar-refractivity contribution in [1.82, 2.24) is 9.88 Å². The van der Waals surface area contributed by atoms with Gasteiger partial charge in [-0.2, -0.15) is 0 Å². The molecule has 0 spiro atoms. The zero-order valence-corrected chi connectivity index (χ0v) is 17.5. The van der Waals surface area contributed by atoms with E-state index in [2.05, 4.69) is 27.1 Å². The van der Waals surface area contributed by atoms with Crippen LogP contribution in [0.5, 0.6) is 0 Å². The van der Waals surface area contributed by atoms with Crippen molar-refractivity contribution in [3.63, 3.8) is 0 Å². The van der Waals surface area contributed by atoms with Crippen LogP contribution in [0.15, 0.2) is 53.9 Å². The Morgan fingerprint density at radius 1 is 1.03 bits per heavy atom. The van der Waals surface area contributed by atoms with Crippen molar-refractivity contribution in [1.29, 1.82) is 0 Å². The zero-order chi connectivity index (χ0) is 21.1. The van der Waals surface area contributed by atoms with Crippen LogP contribution in [0.3, 0.4) is 0 Å². The number of aromatic nitrogens is 1. The number of piperazine rings is 1. The average molecular weight is 422 g/mol. The maximum Gasteiger partial charge on any atom is 0.275 e. The largest absolute Gasteiger partial charge is 0.367 e. The molecule has 7 nitrogen and oxygen atoms in total. The van der Waals surface area contributed by atoms with Crippen LogP contribution < -0.4 is 16.0 Å². The number of hydrogen-bond acceptors (Lipinski definition) is 6. The summed E-state index contributed by atoms with van der Waals surface area (Å²) < 4.78 is 0. The van der Waals surface area contributed by atoms with E-state index < -0.39 is 5.91 Å². The summed E-state index contributed by atoms with van der Waals surface area (Å²) in [4.78, 5) is 33.9. The third kappa shape index (κ3) is 4.19. The molecule has 4 rings (SSSR count). The molecule has 2 amide bonds. The van der Waals surface area contributed by atoms with Gasteiger partial charge in [0, 0.05) is 37.1 Å². The molecule has 0 aliphatic carbocycles. The first kappa shape index (κ1) is 20.1. The van der Waals surface area contributed by atoms with Gasteiger partial charge < -0.3 is 20.9 Å². The number of nitrogens with one attached hydrogen (secondary N) is 1. The minimum Gasteiger partial charge on any atom is -0.367 e. The summed E-state index contributed by atoms with van der Waals surface area (Å²) in [5.41, 5.74) is 8.39. The molecule has 1 aromatic heterocycles. The van der Waals surface area contributed by atoms with Crippen LogP contribution in [0.1, 0.15) is 20.8 Å². The van der Waals surface area contributed by atoms with E-state index in [1.54, 1.807) is 17.5 Å². The fourth-order valence-electron chi connectivity index (χ4n) is 3.46. The highest BCUT2D eigenvalue weighted by atomic mass is 32.1. The number of primary amides is 1. The van der Waals surface area contributed by atoms with Gasteiger partial charge in [-0.25, -0.2) is 4.98 Å². The third-order valence-corrected chi connectivity index (χ3v) is 6.04. The SMILES string of the molecule is CN1CCN(c2cccc(C(N)=O)c2NC(=O)c2csc(-c3ccccc3)n2)CC1. The molecule has 0 unspecified atom stereocenters. The van der Waals surface area contributed by atoms with Gasteiger partial charge in [-0.15, -0.1) is 11.3 Å². The van der Waals surface area contributed by atoms with Gasteiger partial charge in [0.05, 0.1) is 16.9 Å². The van der Waals surface area contributed by atoms with E-state index in [4.69, 9.17) is 5.73 Å². The van der Waals surface area contributed by atoms with Gasteiger partial charge in [0.2, 0.25) is 0 Å². The van der Waals surface area contributed by atoms with Crippen LogP contribution in [0.4, 0.5) is 11.4 Å². The lowest BCUT2D eigenvalue weighted by atomic mass is 10.1. The predicted octanol–water partition coefficient (Wildman–Crippen LogP) is 2.91. The number of carbonyl (C=O) groups is 2. The summed E-state index contributed by atoms with van der Waals surface area (Å²) in [5, 5.41) is 5.39. The van der Waals surface area contributed by atoms with Crippen molar-refractivity contribution in [2.45, 2.75) is 0 Å². The number of nitrogens with two attached hydrogens (primary N) is 1. The van der Waals surface area contributed by atoms with Crippen molar-refractivity contribution >= 4 is 34.5 Å². The number of benzene rings is 2. The lowest BCUT2D eigenvalue weighted by molar-refractivity contribution is 0.100. The lowest BCUT2D eigenvalue weighted by Gasteiger charge is -2.35. The average Bonchev–Trinajstić information content (AvgIpc) is 3.25. The summed E-state index contributed by atoms with van der Waals surface area (Å²) in [7, 11) is 2.08. The standard InChI is InChI=1S/C22H23N5O2S/c1-26-10-12-27(13-11-26)18-9-5-8-16(20(23)28)19(18)25-21(29)17-14-30-22(24-17)15-6-3-2-4-7-15/h2-9,14H,10-13H2,1H3,(H2,23,28)(H,25,29). The smallest absolute Gasteiger partial charge is 0.275 e. The predicted molar refractivity (Wildman–Crippen MR) is 120 cm³/mol. The number of rotatable bonds is 5. The highest BCUT2D eigenvalue weighted by molar-refractivity contribution is 7.13. The Balaban J connectivity index is 1.62. The molecule has 2 aromatic carbocycles. The molecular weight excluding hydrogens is 398 g/mol. The second-order valence-corrected chi connectivity index (χ2v) is 8.07. The number of thiazole rings is 1. The number of para-hydroxylation sites is 1. The van der Waals surface area contributed by atoms with Crippen molar-refractivity contribution in [3.8, 4) is 10.6 Å². The molecule has 3 N–H and O–H groups in total. The second kappa shape index (κ2) is 8.64. The van der Waals surface area contributed by atoms with Gasteiger partial charge in [0.15, 0.2) is 0 Å². The van der Waals surface area contributed by atoms with Crippen LogP contribution >= 0.6 is 11.3 Å². The molecule has 2 heterocycles. The van der Waals surface area contributed by atoms with E-state index in [-0.39, 0.29) is 5.91 Å². The highest BCUT2D eigenvalue weighted by Gasteiger charge is 2.23. The van der Waals surface area contributed by atoms with Gasteiger partial charge in [0.1, 0.15) is 10.7 Å². The Kier molecular flexibility index (Phi) is 5.78. The number of nitrogens with zero attached hydrogens (tertiary/aromatic N) is 3. The van der Waals surface area contributed by atoms with Crippen LogP contribution in [0.25, 0.3) is 10.6 Å². The topological polar surface area (TPSA) is 91.6 Å². The van der Waals surface area contributed by atoms with Crippen LogP contribution in [-0.2, 0) is 0 Å². The first-order chi connectivity index (χ1) is 14.5. The second-order valence-electron chi connectivity index (χ2n) is 7.21. The molecule has 1 fully saturated rings. The molecule has 30 heavy (non-hydrogen) atoms. The summed E-state index contributed by atoms with van der Waals surface area (Å²) in [6.07, 6.45) is 0. The molecule has 1 aliphatic heterocycles. The van der Waals surface area contributed by atoms with E-state index >= 15 is 0 Å². The number of anilines is 2. The molecule has 8 heteroatoms. The molecule has 0 saturated carbocycles. The summed E-state index contributed by atoms with van der Waals surface area (Å²) in [6, 6.07) is 15.0. The first-order valence-corrected chi connectivity index (χ1v) is 10.6. The number of likely N-dealkylation sites (N-methyl/N-ethyl adjacent to an activating group) is 1. The molecular formula is C22H23N5O2S. The molecule has 3 aromatic rings. The van der Waals surface area contributed by atoms with Gasteiger partial charge >= 0.3 is 0 Å². The Morgan fingerprint density at radius 2 is 1.77 bits per heavy atom. The number of amides is 2. The van der Waals surface area contributed by atoms with Gasteiger partial charge in [-0.05, 0) is 19.2 Å². The number of hydrogen-bond donors (Lipinski definition) is 2. The molecule has 1 aliphatic rings. The van der Waals surface area contributed by atoms with E-state index in [9.17, 15) is 9.59 Å². The lowest BCUT2D eigenvalue weighted by Crippen LogP contribution is -2.44.